The zero-order valence-electron chi connectivity index (χ0n) is 4.92. The van der Waals surface area contributed by atoms with Gasteiger partial charge in [-0.1, -0.05) is 0 Å². The van der Waals surface area contributed by atoms with Crippen molar-refractivity contribution in [3.05, 3.63) is 0 Å². The first-order valence-corrected chi connectivity index (χ1v) is 1.66. The molecule has 0 radical (unpaired) electrons. The first kappa shape index (κ1) is 15.9. The van der Waals surface area contributed by atoms with Crippen molar-refractivity contribution in [1.29, 1.82) is 0 Å². The van der Waals surface area contributed by atoms with Crippen LogP contribution in [0.3, 0.4) is 0 Å². The van der Waals surface area contributed by atoms with Crippen molar-refractivity contribution in [2.75, 3.05) is 6.61 Å². The van der Waals surface area contributed by atoms with E-state index in [0.29, 0.717) is 0 Å². The summed E-state index contributed by atoms with van der Waals surface area (Å²) >= 11 is 0. The van der Waals surface area contributed by atoms with Crippen LogP contribution in [0.15, 0.2) is 0 Å². The van der Waals surface area contributed by atoms with Crippen LogP contribution in [-0.4, -0.2) is 23.0 Å². The number of hydrogen-bond donors (Lipinski definition) is 2. The summed E-state index contributed by atoms with van der Waals surface area (Å²) in [5.74, 6) is 0. The van der Waals surface area contributed by atoms with Gasteiger partial charge in [0.15, 0.2) is 0 Å². The first-order valence-electron chi connectivity index (χ1n) is 1.66. The van der Waals surface area contributed by atoms with Gasteiger partial charge in [-0.15, -0.1) is 0 Å². The molecule has 2 N–H and O–H groups in total. The Morgan fingerprint density at radius 3 is 1.75 bits per heavy atom. The van der Waals surface area contributed by atoms with Crippen molar-refractivity contribution in [2.45, 2.75) is 6.92 Å². The minimum Gasteiger partial charge on any atom is -0.565 e. The molecule has 44 valence electrons. The van der Waals surface area contributed by atoms with Gasteiger partial charge >= 0.3 is 51.4 Å². The Hall–Kier alpha value is 0.866. The van der Waals surface area contributed by atoms with Crippen LogP contribution in [0.25, 0.3) is 0 Å². The Morgan fingerprint density at radius 1 is 1.75 bits per heavy atom. The molecule has 0 aromatic rings. The molecule has 0 saturated carbocycles. The van der Waals surface area contributed by atoms with E-state index >= 15 is 0 Å². The average Bonchev–Trinajstić information content (AvgIpc) is 1.33. The fourth-order valence-corrected chi connectivity index (χ4v) is 0. The summed E-state index contributed by atoms with van der Waals surface area (Å²) in [4.78, 5) is 8.44. The molecule has 0 rings (SSSR count). The number of carboxylic acid groups (broad SMARTS) is 2. The van der Waals surface area contributed by atoms with Crippen molar-refractivity contribution >= 4 is 6.16 Å². The van der Waals surface area contributed by atoms with Gasteiger partial charge in [0.25, 0.3) is 0 Å². The van der Waals surface area contributed by atoms with Gasteiger partial charge in [-0.05, 0) is 6.92 Å². The van der Waals surface area contributed by atoms with Crippen molar-refractivity contribution in [1.82, 2.24) is 0 Å². The monoisotopic (exact) mass is 146 g/mol. The van der Waals surface area contributed by atoms with Crippen LogP contribution in [0.2, 0.25) is 0 Å². The van der Waals surface area contributed by atoms with E-state index in [1.54, 1.807) is 6.92 Å². The van der Waals surface area contributed by atoms with Crippen molar-refractivity contribution in [2.24, 2.45) is 0 Å². The largest absolute Gasteiger partial charge is 1.00 e. The zero-order chi connectivity index (χ0) is 6.28. The van der Waals surface area contributed by atoms with Gasteiger partial charge in [-0.3, -0.25) is 0 Å². The smallest absolute Gasteiger partial charge is 0.565 e. The average molecular weight is 146 g/mol. The topological polar surface area (TPSA) is 80.6 Å². The molecule has 0 aliphatic heterocycles. The molecule has 4 nitrogen and oxygen atoms in total. The molecule has 0 heterocycles. The molecule has 0 aromatic carbocycles. The molecule has 5 heteroatoms. The van der Waals surface area contributed by atoms with Crippen LogP contribution < -0.4 is 56.5 Å². The van der Waals surface area contributed by atoms with Gasteiger partial charge in [0.2, 0.25) is 6.16 Å². The maximum atomic E-state index is 8.44. The third kappa shape index (κ3) is 315. The Kier molecular flexibility index (Phi) is 31.2. The summed E-state index contributed by atoms with van der Waals surface area (Å²) < 4.78 is 0. The van der Waals surface area contributed by atoms with Crippen LogP contribution in [0.1, 0.15) is 6.92 Å². The summed E-state index contributed by atoms with van der Waals surface area (Å²) in [6.45, 7) is 1.93. The molecule has 0 atom stereocenters. The Labute approximate surface area is 89.9 Å². The quantitative estimate of drug-likeness (QED) is 0.340. The fourth-order valence-electron chi connectivity index (χ4n) is 0. The number of carbonyl (C=O) groups is 1. The van der Waals surface area contributed by atoms with E-state index in [1.165, 1.54) is 0 Å². The van der Waals surface area contributed by atoms with E-state index < -0.39 is 6.16 Å². The molecule has 0 unspecified atom stereocenters. The third-order valence-corrected chi connectivity index (χ3v) is 0. The third-order valence-electron chi connectivity index (χ3n) is 0. The molecule has 0 amide bonds. The van der Waals surface area contributed by atoms with E-state index in [2.05, 4.69) is 0 Å². The molecule has 0 aliphatic rings. The Bertz CT molecular complexity index is 42.5. The fraction of sp³-hybridized carbons (Fsp3) is 0.667. The molecule has 0 fully saturated rings. The first-order chi connectivity index (χ1) is 3.15. The second-order valence-electron chi connectivity index (χ2n) is 0.582. The van der Waals surface area contributed by atoms with Gasteiger partial charge in [0.1, 0.15) is 0 Å². The Morgan fingerprint density at radius 2 is 1.75 bits per heavy atom. The summed E-state index contributed by atoms with van der Waals surface area (Å²) in [5.41, 5.74) is 0. The minimum absolute atomic E-state index is 0. The van der Waals surface area contributed by atoms with E-state index in [4.69, 9.17) is 20.1 Å². The summed E-state index contributed by atoms with van der Waals surface area (Å²) in [7, 11) is 0. The van der Waals surface area contributed by atoms with E-state index in [-0.39, 0.29) is 58.0 Å². The molecule has 0 saturated heterocycles. The standard InChI is InChI=1S/C2H6O.CH2O3.K/c1-2-3;2-1(3)4;/h3H,2H2,1H3;(H2,2,3,4);/q;;+1/p-1. The minimum atomic E-state index is -2.08. The van der Waals surface area contributed by atoms with Crippen LogP contribution in [0.5, 0.6) is 0 Å². The summed E-state index contributed by atoms with van der Waals surface area (Å²) in [6, 6.07) is 0. The molecule has 8 heavy (non-hydrogen) atoms. The van der Waals surface area contributed by atoms with Crippen molar-refractivity contribution in [3.8, 4) is 0 Å². The van der Waals surface area contributed by atoms with Gasteiger partial charge in [0.05, 0.1) is 0 Å². The second-order valence-corrected chi connectivity index (χ2v) is 0.582. The van der Waals surface area contributed by atoms with Crippen LogP contribution in [-0.2, 0) is 0 Å². The molecular formula is C3H7KO4. The second kappa shape index (κ2) is 15.7. The maximum absolute atomic E-state index is 8.44. The number of rotatable bonds is 0. The maximum Gasteiger partial charge on any atom is 1.00 e. The van der Waals surface area contributed by atoms with Crippen LogP contribution in [0, 0.1) is 0 Å². The van der Waals surface area contributed by atoms with E-state index in [0.717, 1.165) is 0 Å². The Balaban J connectivity index is -0.0000000575. The van der Waals surface area contributed by atoms with Crippen molar-refractivity contribution < 1.29 is 71.5 Å². The normalized spacial score (nSPS) is 5.25. The SMILES string of the molecule is CCO.O=C([O-])O.[K+]. The van der Waals surface area contributed by atoms with Gasteiger partial charge in [-0.25, -0.2) is 0 Å². The molecule has 0 aromatic heterocycles. The van der Waals surface area contributed by atoms with E-state index in [9.17, 15) is 0 Å². The van der Waals surface area contributed by atoms with Gasteiger partial charge < -0.3 is 20.1 Å². The summed E-state index contributed by atoms with van der Waals surface area (Å²) in [5, 5.41) is 22.9. The predicted octanol–water partition coefficient (Wildman–Crippen LogP) is -4.11. The number of hydrogen-bond acceptors (Lipinski definition) is 3. The number of aliphatic hydroxyl groups excluding tert-OH is 1. The summed E-state index contributed by atoms with van der Waals surface area (Å²) in [6.07, 6.45) is -2.08. The number of aliphatic hydroxyl groups is 1. The van der Waals surface area contributed by atoms with Gasteiger partial charge in [0, 0.05) is 6.61 Å². The molecular weight excluding hydrogens is 139 g/mol. The predicted molar refractivity (Wildman–Crippen MR) is 20.8 cm³/mol. The van der Waals surface area contributed by atoms with Gasteiger partial charge in [-0.2, -0.15) is 0 Å². The van der Waals surface area contributed by atoms with E-state index in [1.807, 2.05) is 0 Å². The van der Waals surface area contributed by atoms with Crippen molar-refractivity contribution in [3.63, 3.8) is 0 Å². The zero-order valence-corrected chi connectivity index (χ0v) is 8.04. The van der Waals surface area contributed by atoms with Crippen LogP contribution in [0.4, 0.5) is 4.79 Å². The molecule has 0 spiro atoms. The van der Waals surface area contributed by atoms with Crippen LogP contribution >= 0.6 is 0 Å². The molecule has 0 aliphatic carbocycles. The molecule has 0 bridgehead atoms.